The Bertz CT molecular complexity index is 813. The summed E-state index contributed by atoms with van der Waals surface area (Å²) >= 11 is 0. The quantitative estimate of drug-likeness (QED) is 0.764. The fourth-order valence-electron chi connectivity index (χ4n) is 2.73. The van der Waals surface area contributed by atoms with Gasteiger partial charge >= 0.3 is 0 Å². The Balaban J connectivity index is 1.54. The average molecular weight is 363 g/mol. The molecule has 3 rings (SSSR count). The fraction of sp³-hybridized carbons (Fsp3) is 0.500. The normalized spacial score (nSPS) is 17.2. The Labute approximate surface area is 150 Å². The number of aryl methyl sites for hydroxylation is 1. The molecule has 1 aliphatic heterocycles. The first-order chi connectivity index (χ1) is 12.6. The van der Waals surface area contributed by atoms with Gasteiger partial charge in [-0.25, -0.2) is 14.1 Å². The summed E-state index contributed by atoms with van der Waals surface area (Å²) in [5.74, 6) is 0.0202. The van der Waals surface area contributed by atoms with Gasteiger partial charge in [-0.2, -0.15) is 10.1 Å². The minimum absolute atomic E-state index is 0.00419. The van der Waals surface area contributed by atoms with E-state index in [1.54, 1.807) is 26.4 Å². The van der Waals surface area contributed by atoms with Gasteiger partial charge < -0.3 is 20.3 Å². The van der Waals surface area contributed by atoms with Gasteiger partial charge in [0.05, 0.1) is 30.8 Å². The number of rotatable bonds is 6. The summed E-state index contributed by atoms with van der Waals surface area (Å²) < 4.78 is 20.5. The molecular formula is C16H22FN7O2. The highest BCUT2D eigenvalue weighted by molar-refractivity contribution is 5.43. The number of hydrogen-bond donors (Lipinski definition) is 2. The molecule has 2 N–H and O–H groups in total. The lowest BCUT2D eigenvalue weighted by atomic mass is 10.2. The van der Waals surface area contributed by atoms with Crippen molar-refractivity contribution in [3.8, 4) is 0 Å². The first-order valence-electron chi connectivity index (χ1n) is 8.41. The van der Waals surface area contributed by atoms with E-state index in [9.17, 15) is 9.18 Å². The molecule has 0 spiro atoms. The van der Waals surface area contributed by atoms with Crippen molar-refractivity contribution in [1.82, 2.24) is 19.7 Å². The van der Waals surface area contributed by atoms with Gasteiger partial charge in [0.15, 0.2) is 11.6 Å². The number of anilines is 3. The van der Waals surface area contributed by atoms with Gasteiger partial charge in [0, 0.05) is 39.8 Å². The maximum absolute atomic E-state index is 13.4. The molecule has 0 aliphatic carbocycles. The maximum Gasteiger partial charge on any atom is 0.268 e. The van der Waals surface area contributed by atoms with Crippen LogP contribution in [0.4, 0.5) is 21.8 Å². The second kappa shape index (κ2) is 8.09. The number of hydrogen-bond acceptors (Lipinski definition) is 8. The predicted molar refractivity (Wildman–Crippen MR) is 96.1 cm³/mol. The molecule has 0 amide bonds. The number of morpholine rings is 1. The molecule has 1 unspecified atom stereocenters. The summed E-state index contributed by atoms with van der Waals surface area (Å²) in [7, 11) is 3.22. The lowest BCUT2D eigenvalue weighted by molar-refractivity contribution is 0.0374. The van der Waals surface area contributed by atoms with E-state index in [4.69, 9.17) is 4.74 Å². The summed E-state index contributed by atoms with van der Waals surface area (Å²) in [5.41, 5.74) is 0.663. The van der Waals surface area contributed by atoms with Crippen LogP contribution >= 0.6 is 0 Å². The second-order valence-electron chi connectivity index (χ2n) is 5.97. The molecule has 10 heteroatoms. The number of aromatic nitrogens is 4. The van der Waals surface area contributed by atoms with Crippen molar-refractivity contribution in [1.29, 1.82) is 0 Å². The molecule has 0 radical (unpaired) electrons. The largest absolute Gasteiger partial charge is 0.374 e. The number of halogens is 1. The third-order valence-corrected chi connectivity index (χ3v) is 4.19. The van der Waals surface area contributed by atoms with E-state index in [0.717, 1.165) is 18.3 Å². The zero-order chi connectivity index (χ0) is 18.5. The molecular weight excluding hydrogens is 341 g/mol. The third kappa shape index (κ3) is 4.26. The highest BCUT2D eigenvalue weighted by atomic mass is 19.1. The van der Waals surface area contributed by atoms with Gasteiger partial charge in [-0.1, -0.05) is 0 Å². The molecule has 0 bridgehead atoms. The summed E-state index contributed by atoms with van der Waals surface area (Å²) in [6.07, 6.45) is 3.55. The van der Waals surface area contributed by atoms with Crippen LogP contribution < -0.4 is 21.1 Å². The highest BCUT2D eigenvalue weighted by Crippen LogP contribution is 2.17. The average Bonchev–Trinajstić information content (AvgIpc) is 2.65. The van der Waals surface area contributed by atoms with Crippen LogP contribution in [-0.2, 0) is 11.8 Å². The first kappa shape index (κ1) is 18.1. The van der Waals surface area contributed by atoms with Crippen LogP contribution in [0.1, 0.15) is 6.42 Å². The molecule has 26 heavy (non-hydrogen) atoms. The van der Waals surface area contributed by atoms with Crippen LogP contribution in [0.2, 0.25) is 0 Å². The third-order valence-electron chi connectivity index (χ3n) is 4.19. The van der Waals surface area contributed by atoms with Crippen LogP contribution in [0.25, 0.3) is 0 Å². The van der Waals surface area contributed by atoms with Gasteiger partial charge in [-0.15, -0.1) is 0 Å². The zero-order valence-corrected chi connectivity index (χ0v) is 14.8. The summed E-state index contributed by atoms with van der Waals surface area (Å²) in [5, 5.41) is 9.81. The second-order valence-corrected chi connectivity index (χ2v) is 5.97. The van der Waals surface area contributed by atoms with Crippen molar-refractivity contribution in [3.05, 3.63) is 34.6 Å². The minimum atomic E-state index is -0.494. The van der Waals surface area contributed by atoms with Crippen LogP contribution in [0.15, 0.2) is 23.3 Å². The molecule has 2 aromatic heterocycles. The molecule has 3 heterocycles. The van der Waals surface area contributed by atoms with Gasteiger partial charge in [0.25, 0.3) is 5.56 Å². The monoisotopic (exact) mass is 363 g/mol. The molecule has 1 fully saturated rings. The van der Waals surface area contributed by atoms with Crippen LogP contribution in [0, 0.1) is 5.82 Å². The summed E-state index contributed by atoms with van der Waals surface area (Å²) in [6, 6.07) is 1.58. The fourth-order valence-corrected chi connectivity index (χ4v) is 2.73. The lowest BCUT2D eigenvalue weighted by Gasteiger charge is -2.34. The topological polar surface area (TPSA) is 97.2 Å². The molecule has 2 aromatic rings. The van der Waals surface area contributed by atoms with E-state index in [1.807, 2.05) is 0 Å². The Hall–Kier alpha value is -2.75. The zero-order valence-electron chi connectivity index (χ0n) is 14.8. The molecule has 1 atom stereocenters. The standard InChI is InChI=1S/C16H22FN7O2/c1-18-15-13(17)9-20-16(22-15)19-4-3-12-10-24(5-6-26-12)11-7-14(25)23(2)21-8-11/h7-9,12H,3-6,10H2,1-2H3,(H2,18,19,20,22). The number of nitrogens with zero attached hydrogens (tertiary/aromatic N) is 5. The van der Waals surface area contributed by atoms with Crippen molar-refractivity contribution < 1.29 is 9.13 Å². The van der Waals surface area contributed by atoms with Gasteiger partial charge in [-0.3, -0.25) is 4.79 Å². The van der Waals surface area contributed by atoms with E-state index in [-0.39, 0.29) is 17.5 Å². The smallest absolute Gasteiger partial charge is 0.268 e. The SMILES string of the molecule is CNc1nc(NCCC2CN(c3cnn(C)c(=O)c3)CCO2)ncc1F. The summed E-state index contributed by atoms with van der Waals surface area (Å²) in [4.78, 5) is 21.8. The Morgan fingerprint density at radius 1 is 1.42 bits per heavy atom. The highest BCUT2D eigenvalue weighted by Gasteiger charge is 2.21. The minimum Gasteiger partial charge on any atom is -0.374 e. The summed E-state index contributed by atoms with van der Waals surface area (Å²) in [6.45, 7) is 2.55. The van der Waals surface area contributed by atoms with E-state index in [0.29, 0.717) is 32.2 Å². The van der Waals surface area contributed by atoms with Crippen molar-refractivity contribution >= 4 is 17.5 Å². The van der Waals surface area contributed by atoms with Crippen molar-refractivity contribution in [2.75, 3.05) is 48.8 Å². The first-order valence-corrected chi connectivity index (χ1v) is 8.41. The molecule has 140 valence electrons. The molecule has 0 aromatic carbocycles. The van der Waals surface area contributed by atoms with Crippen LogP contribution in [0.3, 0.4) is 0 Å². The Kier molecular flexibility index (Phi) is 5.61. The van der Waals surface area contributed by atoms with E-state index in [2.05, 4.69) is 30.6 Å². The molecule has 0 saturated carbocycles. The van der Waals surface area contributed by atoms with Gasteiger partial charge in [-0.05, 0) is 6.42 Å². The van der Waals surface area contributed by atoms with E-state index in [1.165, 1.54) is 4.68 Å². The van der Waals surface area contributed by atoms with Crippen molar-refractivity contribution in [3.63, 3.8) is 0 Å². The van der Waals surface area contributed by atoms with Gasteiger partial charge in [0.2, 0.25) is 5.95 Å². The lowest BCUT2D eigenvalue weighted by Crippen LogP contribution is -2.43. The number of nitrogens with one attached hydrogen (secondary N) is 2. The number of ether oxygens (including phenoxy) is 1. The molecule has 1 aliphatic rings. The predicted octanol–water partition coefficient (Wildman–Crippen LogP) is 0.458. The van der Waals surface area contributed by atoms with E-state index >= 15 is 0 Å². The van der Waals surface area contributed by atoms with Crippen LogP contribution in [0.5, 0.6) is 0 Å². The van der Waals surface area contributed by atoms with Gasteiger partial charge in [0.1, 0.15) is 0 Å². The van der Waals surface area contributed by atoms with Crippen molar-refractivity contribution in [2.45, 2.75) is 12.5 Å². The Morgan fingerprint density at radius 2 is 2.27 bits per heavy atom. The van der Waals surface area contributed by atoms with E-state index < -0.39 is 5.82 Å². The van der Waals surface area contributed by atoms with Crippen molar-refractivity contribution in [2.24, 2.45) is 7.05 Å². The van der Waals surface area contributed by atoms with Crippen LogP contribution in [-0.4, -0.2) is 59.1 Å². The molecule has 9 nitrogen and oxygen atoms in total. The molecule has 1 saturated heterocycles. The Morgan fingerprint density at radius 3 is 3.04 bits per heavy atom. The maximum atomic E-state index is 13.4.